The average Bonchev–Trinajstić information content (AvgIpc) is 2.93. The zero-order valence-electron chi connectivity index (χ0n) is 13.9. The van der Waals surface area contributed by atoms with Gasteiger partial charge >= 0.3 is 5.91 Å². The fourth-order valence-corrected chi connectivity index (χ4v) is 3.56. The number of rotatable bonds is 6. The number of carbonyl (C=O) groups is 1. The van der Waals surface area contributed by atoms with Crippen molar-refractivity contribution in [3.05, 3.63) is 39.8 Å². The van der Waals surface area contributed by atoms with Crippen molar-refractivity contribution in [2.75, 3.05) is 19.8 Å². The van der Waals surface area contributed by atoms with Gasteiger partial charge in [0.25, 0.3) is 0 Å². The Morgan fingerprint density at radius 1 is 1.60 bits per heavy atom. The topological polar surface area (TPSA) is 113 Å². The maximum absolute atomic E-state index is 13.4. The van der Waals surface area contributed by atoms with Gasteiger partial charge in [0.2, 0.25) is 0 Å². The van der Waals surface area contributed by atoms with Crippen molar-refractivity contribution in [2.45, 2.75) is 6.92 Å². The molecule has 1 aliphatic heterocycles. The van der Waals surface area contributed by atoms with Gasteiger partial charge in [-0.1, -0.05) is 0 Å². The molecule has 0 aromatic carbocycles. The molecular weight excluding hydrogens is 365 g/mol. The Hall–Kier alpha value is -2.17. The number of halogens is 1. The van der Waals surface area contributed by atoms with Gasteiger partial charge in [-0.2, -0.15) is 4.72 Å². The zero-order chi connectivity index (χ0) is 18.6. The molecule has 7 nitrogen and oxygen atoms in total. The van der Waals surface area contributed by atoms with Crippen LogP contribution in [0.2, 0.25) is 0 Å². The second kappa shape index (κ2) is 8.28. The summed E-state index contributed by atoms with van der Waals surface area (Å²) in [5.41, 5.74) is 1.62. The predicted octanol–water partition coefficient (Wildman–Crippen LogP) is 1.24. The molecule has 0 bridgehead atoms. The highest BCUT2D eigenvalue weighted by Crippen LogP contribution is 2.30. The smallest absolute Gasteiger partial charge is 0.309 e. The van der Waals surface area contributed by atoms with Crippen LogP contribution in [0.5, 0.6) is 0 Å². The average molecular weight is 383 g/mol. The van der Waals surface area contributed by atoms with E-state index in [9.17, 15) is 13.7 Å². The van der Waals surface area contributed by atoms with E-state index in [2.05, 4.69) is 20.3 Å². The number of nitrogens with one attached hydrogen (secondary N) is 4. The van der Waals surface area contributed by atoms with E-state index in [0.29, 0.717) is 22.9 Å². The molecule has 134 valence electrons. The van der Waals surface area contributed by atoms with Gasteiger partial charge in [0.05, 0.1) is 27.6 Å². The first-order valence-corrected chi connectivity index (χ1v) is 9.59. The summed E-state index contributed by atoms with van der Waals surface area (Å²) in [4.78, 5) is 16.9. The fourth-order valence-electron chi connectivity index (χ4n) is 2.09. The van der Waals surface area contributed by atoms with E-state index in [4.69, 9.17) is 5.41 Å². The third kappa shape index (κ3) is 4.91. The molecule has 2 heterocycles. The Morgan fingerprint density at radius 2 is 2.32 bits per heavy atom. The predicted molar refractivity (Wildman–Crippen MR) is 99.0 cm³/mol. The number of allylic oxidation sites excluding steroid dienone is 2. The Balaban J connectivity index is 2.29. The van der Waals surface area contributed by atoms with Crippen LogP contribution in [0.4, 0.5) is 4.39 Å². The minimum absolute atomic E-state index is 0.332. The highest BCUT2D eigenvalue weighted by Gasteiger charge is 2.18. The van der Waals surface area contributed by atoms with E-state index in [1.807, 2.05) is 0 Å². The lowest BCUT2D eigenvalue weighted by molar-refractivity contribution is -0.113. The molecule has 1 aromatic rings. The summed E-state index contributed by atoms with van der Waals surface area (Å²) in [5.74, 6) is -1.10. The molecule has 0 spiro atoms. The number of nitrogens with zero attached hydrogens (tertiary/aromatic N) is 1. The van der Waals surface area contributed by atoms with Crippen LogP contribution in [0.3, 0.4) is 0 Å². The molecular formula is C15H18FN5O2S2. The van der Waals surface area contributed by atoms with Gasteiger partial charge in [-0.3, -0.25) is 10.2 Å². The van der Waals surface area contributed by atoms with Gasteiger partial charge in [-0.25, -0.2) is 9.37 Å². The summed E-state index contributed by atoms with van der Waals surface area (Å²) in [6, 6.07) is 0. The molecule has 1 aliphatic rings. The number of thiazole rings is 1. The van der Waals surface area contributed by atoms with E-state index in [1.54, 1.807) is 14.0 Å². The van der Waals surface area contributed by atoms with Crippen molar-refractivity contribution in [2.24, 2.45) is 0 Å². The zero-order valence-corrected chi connectivity index (χ0v) is 15.5. The molecule has 0 aliphatic carbocycles. The third-order valence-corrected chi connectivity index (χ3v) is 4.94. The van der Waals surface area contributed by atoms with Crippen LogP contribution in [0.15, 0.2) is 24.2 Å². The van der Waals surface area contributed by atoms with E-state index in [0.717, 1.165) is 10.5 Å². The van der Waals surface area contributed by atoms with Gasteiger partial charge in [0.15, 0.2) is 0 Å². The number of carbonyl (C=O) groups excluding carboxylic acids is 1. The second-order valence-electron chi connectivity index (χ2n) is 5.12. The SMILES string of the molecule is CN/C(=C\C(=N)C(=O)N[S@+](C)[O-])c1sc(C2=CC(F)=CNC2)nc1C. The van der Waals surface area contributed by atoms with Crippen LogP contribution >= 0.6 is 11.3 Å². The molecule has 1 atom stereocenters. The Labute approximate surface area is 151 Å². The summed E-state index contributed by atoms with van der Waals surface area (Å²) in [5, 5.41) is 14.2. The van der Waals surface area contributed by atoms with Gasteiger partial charge in [0.1, 0.15) is 22.8 Å². The Kier molecular flexibility index (Phi) is 6.34. The molecule has 0 saturated heterocycles. The quantitative estimate of drug-likeness (QED) is 0.436. The monoisotopic (exact) mass is 383 g/mol. The molecule has 25 heavy (non-hydrogen) atoms. The third-order valence-electron chi connectivity index (χ3n) is 3.20. The van der Waals surface area contributed by atoms with Gasteiger partial charge < -0.3 is 15.2 Å². The number of aryl methyl sites for hydroxylation is 1. The maximum Gasteiger partial charge on any atom is 0.309 e. The summed E-state index contributed by atoms with van der Waals surface area (Å²) in [6.45, 7) is 2.27. The number of amides is 1. The molecule has 1 aromatic heterocycles. The summed E-state index contributed by atoms with van der Waals surface area (Å²) in [6.07, 6.45) is 5.38. The number of hydrogen-bond donors (Lipinski definition) is 4. The first kappa shape index (κ1) is 19.2. The Bertz CT molecular complexity index is 783. The number of dihydropyridines is 1. The molecule has 0 fully saturated rings. The second-order valence-corrected chi connectivity index (χ2v) is 7.23. The van der Waals surface area contributed by atoms with E-state index < -0.39 is 17.3 Å². The largest absolute Gasteiger partial charge is 0.593 e. The van der Waals surface area contributed by atoms with Gasteiger partial charge in [-0.15, -0.1) is 11.3 Å². The van der Waals surface area contributed by atoms with Crippen molar-refractivity contribution in [3.63, 3.8) is 0 Å². The molecule has 10 heteroatoms. The van der Waals surface area contributed by atoms with E-state index in [-0.39, 0.29) is 11.5 Å². The first-order chi connectivity index (χ1) is 11.8. The number of hydrogen-bond acceptors (Lipinski definition) is 7. The van der Waals surface area contributed by atoms with Crippen LogP contribution in [0.25, 0.3) is 11.3 Å². The van der Waals surface area contributed by atoms with Crippen molar-refractivity contribution in [1.82, 2.24) is 20.3 Å². The van der Waals surface area contributed by atoms with Crippen LogP contribution in [0, 0.1) is 12.3 Å². The summed E-state index contributed by atoms with van der Waals surface area (Å²) in [7, 11) is 1.66. The first-order valence-electron chi connectivity index (χ1n) is 7.22. The van der Waals surface area contributed by atoms with E-state index in [1.165, 1.54) is 35.9 Å². The fraction of sp³-hybridized carbons (Fsp3) is 0.267. The highest BCUT2D eigenvalue weighted by atomic mass is 32.2. The molecule has 2 rings (SSSR count). The van der Waals surface area contributed by atoms with Crippen LogP contribution in [-0.4, -0.2) is 41.0 Å². The van der Waals surface area contributed by atoms with Crippen molar-refractivity contribution < 1.29 is 13.7 Å². The molecule has 0 saturated carbocycles. The minimum atomic E-state index is -1.54. The molecule has 0 unspecified atom stereocenters. The maximum atomic E-state index is 13.4. The van der Waals surface area contributed by atoms with Crippen molar-refractivity contribution >= 4 is 45.6 Å². The summed E-state index contributed by atoms with van der Waals surface area (Å²) >= 11 is -0.204. The lowest BCUT2D eigenvalue weighted by Crippen LogP contribution is -2.34. The highest BCUT2D eigenvalue weighted by molar-refractivity contribution is 7.89. The minimum Gasteiger partial charge on any atom is -0.593 e. The van der Waals surface area contributed by atoms with Gasteiger partial charge in [0, 0.05) is 25.4 Å². The standard InChI is InChI=1S/C15H18FN5O2S2/c1-8-13(12(18-2)5-11(17)14(22)21-25(3)23)24-15(20-8)9-4-10(16)7-19-6-9/h4-5,7,17-19H,6H2,1-3H3,(H,21,22)/b12-5-,17-11?/t25-/m0/s1. The van der Waals surface area contributed by atoms with Crippen molar-refractivity contribution in [1.29, 1.82) is 5.41 Å². The summed E-state index contributed by atoms with van der Waals surface area (Å²) < 4.78 is 26.6. The van der Waals surface area contributed by atoms with Crippen LogP contribution in [-0.2, 0) is 16.2 Å². The number of aromatic nitrogens is 1. The molecule has 1 amide bonds. The molecule has 4 N–H and O–H groups in total. The van der Waals surface area contributed by atoms with Crippen LogP contribution < -0.4 is 15.4 Å². The Morgan fingerprint density at radius 3 is 2.92 bits per heavy atom. The van der Waals surface area contributed by atoms with Gasteiger partial charge in [-0.05, 0) is 19.1 Å². The lowest BCUT2D eigenvalue weighted by Gasteiger charge is -2.09. The lowest BCUT2D eigenvalue weighted by atomic mass is 10.2. The van der Waals surface area contributed by atoms with Crippen molar-refractivity contribution in [3.8, 4) is 0 Å². The van der Waals surface area contributed by atoms with E-state index >= 15 is 0 Å². The molecule has 0 radical (unpaired) electrons. The van der Waals surface area contributed by atoms with Crippen LogP contribution in [0.1, 0.15) is 15.6 Å². The normalized spacial score (nSPS) is 15.6.